The van der Waals surface area contributed by atoms with Crippen LogP contribution in [0, 0.1) is 12.7 Å². The Bertz CT molecular complexity index is 459. The molecular weight excluding hydrogens is 275 g/mol. The molecule has 78 valence electrons. The summed E-state index contributed by atoms with van der Waals surface area (Å²) in [7, 11) is 0. The SMILES string of the molecule is Cc1c(-c2ccc(F)cc2)csc1CBr. The molecule has 1 heterocycles. The molecule has 0 fully saturated rings. The molecule has 1 aromatic carbocycles. The number of hydrogen-bond acceptors (Lipinski definition) is 1. The maximum atomic E-state index is 12.8. The maximum Gasteiger partial charge on any atom is 0.123 e. The average molecular weight is 285 g/mol. The molecule has 0 aliphatic rings. The third kappa shape index (κ3) is 2.13. The van der Waals surface area contributed by atoms with E-state index in [1.54, 1.807) is 11.3 Å². The van der Waals surface area contributed by atoms with Crippen LogP contribution in [0.2, 0.25) is 0 Å². The van der Waals surface area contributed by atoms with Crippen LogP contribution in [0.3, 0.4) is 0 Å². The Morgan fingerprint density at radius 1 is 1.27 bits per heavy atom. The second-order valence-corrected chi connectivity index (χ2v) is 4.86. The molecule has 15 heavy (non-hydrogen) atoms. The first kappa shape index (κ1) is 10.8. The molecule has 0 amide bonds. The summed E-state index contributed by atoms with van der Waals surface area (Å²) < 4.78 is 12.8. The molecule has 2 rings (SSSR count). The molecule has 0 bridgehead atoms. The maximum absolute atomic E-state index is 12.8. The number of benzene rings is 1. The monoisotopic (exact) mass is 284 g/mol. The number of rotatable bonds is 2. The highest BCUT2D eigenvalue weighted by atomic mass is 79.9. The minimum atomic E-state index is -0.188. The van der Waals surface area contributed by atoms with Gasteiger partial charge in [-0.2, -0.15) is 0 Å². The molecule has 0 radical (unpaired) electrons. The Labute approximate surface area is 101 Å². The first-order valence-corrected chi connectivity index (χ1v) is 6.61. The second-order valence-electron chi connectivity index (χ2n) is 3.34. The Morgan fingerprint density at radius 2 is 1.93 bits per heavy atom. The highest BCUT2D eigenvalue weighted by Gasteiger charge is 2.08. The van der Waals surface area contributed by atoms with E-state index < -0.39 is 0 Å². The van der Waals surface area contributed by atoms with Crippen LogP contribution in [-0.4, -0.2) is 0 Å². The molecule has 0 nitrogen and oxygen atoms in total. The van der Waals surface area contributed by atoms with Crippen molar-refractivity contribution in [1.29, 1.82) is 0 Å². The Morgan fingerprint density at radius 3 is 2.47 bits per heavy atom. The van der Waals surface area contributed by atoms with Crippen molar-refractivity contribution in [2.45, 2.75) is 12.3 Å². The highest BCUT2D eigenvalue weighted by molar-refractivity contribution is 9.08. The van der Waals surface area contributed by atoms with E-state index in [1.807, 2.05) is 12.1 Å². The van der Waals surface area contributed by atoms with Gasteiger partial charge in [0.15, 0.2) is 0 Å². The third-order valence-electron chi connectivity index (χ3n) is 2.42. The van der Waals surface area contributed by atoms with Crippen molar-refractivity contribution in [3.63, 3.8) is 0 Å². The van der Waals surface area contributed by atoms with Gasteiger partial charge < -0.3 is 0 Å². The van der Waals surface area contributed by atoms with E-state index in [2.05, 4.69) is 28.2 Å². The number of halogens is 2. The van der Waals surface area contributed by atoms with Crippen molar-refractivity contribution < 1.29 is 4.39 Å². The smallest absolute Gasteiger partial charge is 0.123 e. The van der Waals surface area contributed by atoms with Crippen molar-refractivity contribution in [1.82, 2.24) is 0 Å². The highest BCUT2D eigenvalue weighted by Crippen LogP contribution is 2.32. The number of alkyl halides is 1. The van der Waals surface area contributed by atoms with Gasteiger partial charge in [0.1, 0.15) is 5.82 Å². The normalized spacial score (nSPS) is 10.6. The fraction of sp³-hybridized carbons (Fsp3) is 0.167. The van der Waals surface area contributed by atoms with Gasteiger partial charge in [-0.25, -0.2) is 4.39 Å². The lowest BCUT2D eigenvalue weighted by atomic mass is 10.0. The van der Waals surface area contributed by atoms with Gasteiger partial charge in [0.2, 0.25) is 0 Å². The molecule has 0 atom stereocenters. The summed E-state index contributed by atoms with van der Waals surface area (Å²) >= 11 is 5.19. The molecule has 3 heteroatoms. The van der Waals surface area contributed by atoms with Gasteiger partial charge >= 0.3 is 0 Å². The van der Waals surface area contributed by atoms with E-state index in [-0.39, 0.29) is 5.82 Å². The van der Waals surface area contributed by atoms with Crippen LogP contribution in [-0.2, 0) is 5.33 Å². The molecule has 0 saturated heterocycles. The summed E-state index contributed by atoms with van der Waals surface area (Å²) in [6.07, 6.45) is 0. The second kappa shape index (κ2) is 4.45. The van der Waals surface area contributed by atoms with Crippen molar-refractivity contribution in [2.75, 3.05) is 0 Å². The molecule has 0 unspecified atom stereocenters. The first-order valence-electron chi connectivity index (χ1n) is 4.61. The van der Waals surface area contributed by atoms with Gasteiger partial charge in [-0.3, -0.25) is 0 Å². The van der Waals surface area contributed by atoms with Crippen LogP contribution in [0.5, 0.6) is 0 Å². The fourth-order valence-electron chi connectivity index (χ4n) is 1.50. The van der Waals surface area contributed by atoms with E-state index in [0.29, 0.717) is 0 Å². The van der Waals surface area contributed by atoms with Crippen LogP contribution in [0.1, 0.15) is 10.4 Å². The van der Waals surface area contributed by atoms with Gasteiger partial charge in [0.25, 0.3) is 0 Å². The van der Waals surface area contributed by atoms with Crippen molar-refractivity contribution in [3.8, 4) is 11.1 Å². The number of thiophene rings is 1. The van der Waals surface area contributed by atoms with Crippen LogP contribution < -0.4 is 0 Å². The van der Waals surface area contributed by atoms with Gasteiger partial charge in [-0.1, -0.05) is 28.1 Å². The summed E-state index contributed by atoms with van der Waals surface area (Å²) in [4.78, 5) is 1.33. The fourth-order valence-corrected chi connectivity index (χ4v) is 3.24. The molecule has 1 aromatic heterocycles. The molecule has 0 N–H and O–H groups in total. The Balaban J connectivity index is 2.45. The van der Waals surface area contributed by atoms with Crippen molar-refractivity contribution in [3.05, 3.63) is 45.9 Å². The van der Waals surface area contributed by atoms with Gasteiger partial charge in [0.05, 0.1) is 0 Å². The quantitative estimate of drug-likeness (QED) is 0.698. The predicted molar refractivity (Wildman–Crippen MR) is 67.1 cm³/mol. The summed E-state index contributed by atoms with van der Waals surface area (Å²) in [6.45, 7) is 2.10. The number of hydrogen-bond donors (Lipinski definition) is 0. The average Bonchev–Trinajstić information content (AvgIpc) is 2.61. The molecular formula is C12H10BrFS. The standard InChI is InChI=1S/C12H10BrFS/c1-8-11(7-15-12(8)6-13)9-2-4-10(14)5-3-9/h2-5,7H,6H2,1H3. The van der Waals surface area contributed by atoms with E-state index in [9.17, 15) is 4.39 Å². The van der Waals surface area contributed by atoms with Crippen LogP contribution in [0.4, 0.5) is 4.39 Å². The molecule has 0 saturated carbocycles. The zero-order valence-electron chi connectivity index (χ0n) is 8.26. The third-order valence-corrected chi connectivity index (χ3v) is 4.44. The van der Waals surface area contributed by atoms with E-state index in [4.69, 9.17) is 0 Å². The predicted octanol–water partition coefficient (Wildman–Crippen LogP) is 4.76. The summed E-state index contributed by atoms with van der Waals surface area (Å²) in [5.74, 6) is -0.188. The van der Waals surface area contributed by atoms with Gasteiger partial charge in [-0.05, 0) is 41.1 Å². The van der Waals surface area contributed by atoms with E-state index in [1.165, 1.54) is 28.1 Å². The van der Waals surface area contributed by atoms with Crippen LogP contribution >= 0.6 is 27.3 Å². The topological polar surface area (TPSA) is 0 Å². The Hall–Kier alpha value is -0.670. The minimum absolute atomic E-state index is 0.188. The van der Waals surface area contributed by atoms with Gasteiger partial charge in [0, 0.05) is 10.2 Å². The molecule has 0 spiro atoms. The van der Waals surface area contributed by atoms with E-state index >= 15 is 0 Å². The lowest BCUT2D eigenvalue weighted by Crippen LogP contribution is -1.81. The first-order chi connectivity index (χ1) is 7.22. The van der Waals surface area contributed by atoms with Crippen LogP contribution in [0.15, 0.2) is 29.6 Å². The zero-order chi connectivity index (χ0) is 10.8. The Kier molecular flexibility index (Phi) is 3.22. The zero-order valence-corrected chi connectivity index (χ0v) is 10.7. The minimum Gasteiger partial charge on any atom is -0.207 e. The van der Waals surface area contributed by atoms with Crippen molar-refractivity contribution in [2.24, 2.45) is 0 Å². The van der Waals surface area contributed by atoms with Crippen molar-refractivity contribution >= 4 is 27.3 Å². The lowest BCUT2D eigenvalue weighted by molar-refractivity contribution is 0.628. The lowest BCUT2D eigenvalue weighted by Gasteiger charge is -2.01. The molecule has 2 aromatic rings. The van der Waals surface area contributed by atoms with Gasteiger partial charge in [-0.15, -0.1) is 11.3 Å². The summed E-state index contributed by atoms with van der Waals surface area (Å²) in [5, 5.41) is 3.00. The molecule has 0 aliphatic heterocycles. The van der Waals surface area contributed by atoms with Crippen LogP contribution in [0.25, 0.3) is 11.1 Å². The largest absolute Gasteiger partial charge is 0.207 e. The summed E-state index contributed by atoms with van der Waals surface area (Å²) in [6, 6.07) is 6.64. The summed E-state index contributed by atoms with van der Waals surface area (Å²) in [5.41, 5.74) is 3.57. The van der Waals surface area contributed by atoms with E-state index in [0.717, 1.165) is 10.9 Å². The molecule has 0 aliphatic carbocycles.